The van der Waals surface area contributed by atoms with E-state index in [2.05, 4.69) is 10.6 Å². The molecule has 0 aliphatic rings. The molecular formula is C18H21ClN2O. The van der Waals surface area contributed by atoms with Gasteiger partial charge in [0.25, 0.3) is 0 Å². The van der Waals surface area contributed by atoms with Gasteiger partial charge in [0.05, 0.1) is 17.3 Å². The van der Waals surface area contributed by atoms with E-state index in [1.54, 1.807) is 0 Å². The molecule has 0 radical (unpaired) electrons. The fourth-order valence-corrected chi connectivity index (χ4v) is 2.73. The average Bonchev–Trinajstić information content (AvgIpc) is 2.49. The number of nitrogens with one attached hydrogen (secondary N) is 2. The first-order valence-corrected chi connectivity index (χ1v) is 7.70. The van der Waals surface area contributed by atoms with Crippen molar-refractivity contribution in [1.82, 2.24) is 5.32 Å². The molecule has 0 saturated carbocycles. The second kappa shape index (κ2) is 7.43. The second-order valence-corrected chi connectivity index (χ2v) is 5.91. The Morgan fingerprint density at radius 2 is 1.86 bits per heavy atom. The number of anilines is 1. The standard InChI is InChI=1S/C18H21ClN2O/c1-12-9-13(2)18(16(19)10-12)21-17(22)11-20-14(3)15-7-5-4-6-8-15/h4-10,14,20H,11H2,1-3H3,(H,21,22). The Kier molecular flexibility index (Phi) is 5.58. The molecule has 1 unspecified atom stereocenters. The Morgan fingerprint density at radius 1 is 1.18 bits per heavy atom. The smallest absolute Gasteiger partial charge is 0.238 e. The monoisotopic (exact) mass is 316 g/mol. The van der Waals surface area contributed by atoms with Crippen LogP contribution in [0.3, 0.4) is 0 Å². The Hall–Kier alpha value is -1.84. The highest BCUT2D eigenvalue weighted by Gasteiger charge is 2.11. The maximum absolute atomic E-state index is 12.1. The van der Waals surface area contributed by atoms with Crippen LogP contribution in [0.25, 0.3) is 0 Å². The van der Waals surface area contributed by atoms with Crippen LogP contribution in [0.15, 0.2) is 42.5 Å². The zero-order valence-electron chi connectivity index (χ0n) is 13.1. The van der Waals surface area contributed by atoms with Crippen LogP contribution in [0.4, 0.5) is 5.69 Å². The summed E-state index contributed by atoms with van der Waals surface area (Å²) in [5, 5.41) is 6.66. The van der Waals surface area contributed by atoms with Gasteiger partial charge in [0.2, 0.25) is 5.91 Å². The van der Waals surface area contributed by atoms with Crippen LogP contribution in [0, 0.1) is 13.8 Å². The van der Waals surface area contributed by atoms with Gasteiger partial charge in [0.15, 0.2) is 0 Å². The molecular weight excluding hydrogens is 296 g/mol. The molecule has 1 atom stereocenters. The molecule has 2 rings (SSSR count). The minimum atomic E-state index is -0.100. The fourth-order valence-electron chi connectivity index (χ4n) is 2.36. The highest BCUT2D eigenvalue weighted by molar-refractivity contribution is 6.34. The Balaban J connectivity index is 1.94. The first-order chi connectivity index (χ1) is 10.5. The van der Waals surface area contributed by atoms with Gasteiger partial charge in [-0.1, -0.05) is 48.0 Å². The van der Waals surface area contributed by atoms with E-state index in [0.717, 1.165) is 16.7 Å². The summed E-state index contributed by atoms with van der Waals surface area (Å²) in [6.07, 6.45) is 0. The first-order valence-electron chi connectivity index (χ1n) is 7.32. The van der Waals surface area contributed by atoms with Gasteiger partial charge in [-0.2, -0.15) is 0 Å². The lowest BCUT2D eigenvalue weighted by Crippen LogP contribution is -2.30. The maximum atomic E-state index is 12.1. The molecule has 0 aromatic heterocycles. The van der Waals surface area contributed by atoms with Crippen LogP contribution >= 0.6 is 11.6 Å². The molecule has 1 amide bonds. The van der Waals surface area contributed by atoms with Crippen molar-refractivity contribution in [2.45, 2.75) is 26.8 Å². The molecule has 0 fully saturated rings. The minimum Gasteiger partial charge on any atom is -0.323 e. The zero-order chi connectivity index (χ0) is 16.1. The highest BCUT2D eigenvalue weighted by atomic mass is 35.5. The normalized spacial score (nSPS) is 12.0. The van der Waals surface area contributed by atoms with Gasteiger partial charge in [0, 0.05) is 6.04 Å². The highest BCUT2D eigenvalue weighted by Crippen LogP contribution is 2.27. The van der Waals surface area contributed by atoms with Crippen molar-refractivity contribution >= 4 is 23.2 Å². The van der Waals surface area contributed by atoms with Crippen molar-refractivity contribution in [3.63, 3.8) is 0 Å². The summed E-state index contributed by atoms with van der Waals surface area (Å²) < 4.78 is 0. The van der Waals surface area contributed by atoms with Gasteiger partial charge >= 0.3 is 0 Å². The van der Waals surface area contributed by atoms with Gasteiger partial charge in [-0.3, -0.25) is 4.79 Å². The molecule has 2 aromatic rings. The van der Waals surface area contributed by atoms with E-state index in [4.69, 9.17) is 11.6 Å². The summed E-state index contributed by atoms with van der Waals surface area (Å²) in [6.45, 7) is 6.19. The number of carbonyl (C=O) groups excluding carboxylic acids is 1. The topological polar surface area (TPSA) is 41.1 Å². The number of halogens is 1. The van der Waals surface area contributed by atoms with Gasteiger partial charge in [-0.15, -0.1) is 0 Å². The molecule has 0 aliphatic carbocycles. The van der Waals surface area contributed by atoms with Crippen LogP contribution in [-0.2, 0) is 4.79 Å². The van der Waals surface area contributed by atoms with E-state index in [0.29, 0.717) is 10.7 Å². The molecule has 22 heavy (non-hydrogen) atoms. The maximum Gasteiger partial charge on any atom is 0.238 e. The summed E-state index contributed by atoms with van der Waals surface area (Å²) in [5.74, 6) is -0.100. The van der Waals surface area contributed by atoms with Crippen LogP contribution in [0.2, 0.25) is 5.02 Å². The number of carbonyl (C=O) groups is 1. The summed E-state index contributed by atoms with van der Waals surface area (Å²) >= 11 is 6.20. The summed E-state index contributed by atoms with van der Waals surface area (Å²) in [6, 6.07) is 14.0. The third-order valence-corrected chi connectivity index (χ3v) is 3.86. The van der Waals surface area contributed by atoms with Crippen LogP contribution in [0.5, 0.6) is 0 Å². The third kappa shape index (κ3) is 4.33. The van der Waals surface area contributed by atoms with Crippen molar-refractivity contribution in [1.29, 1.82) is 0 Å². The van der Waals surface area contributed by atoms with Crippen molar-refractivity contribution < 1.29 is 4.79 Å². The molecule has 0 spiro atoms. The predicted molar refractivity (Wildman–Crippen MR) is 92.4 cm³/mol. The second-order valence-electron chi connectivity index (χ2n) is 5.50. The van der Waals surface area contributed by atoms with Crippen molar-refractivity contribution in [2.75, 3.05) is 11.9 Å². The van der Waals surface area contributed by atoms with E-state index in [1.807, 2.05) is 63.2 Å². The lowest BCUT2D eigenvalue weighted by molar-refractivity contribution is -0.115. The molecule has 116 valence electrons. The molecule has 0 heterocycles. The summed E-state index contributed by atoms with van der Waals surface area (Å²) in [5.41, 5.74) is 3.89. The molecule has 0 saturated heterocycles. The summed E-state index contributed by atoms with van der Waals surface area (Å²) in [4.78, 5) is 12.1. The Bertz CT molecular complexity index is 632. The molecule has 4 heteroatoms. The lowest BCUT2D eigenvalue weighted by Gasteiger charge is -2.15. The SMILES string of the molecule is Cc1cc(C)c(NC(=O)CNC(C)c2ccccc2)c(Cl)c1. The van der Waals surface area contributed by atoms with E-state index < -0.39 is 0 Å². The molecule has 2 aromatic carbocycles. The minimum absolute atomic E-state index is 0.100. The van der Waals surface area contributed by atoms with Crippen LogP contribution in [-0.4, -0.2) is 12.5 Å². The van der Waals surface area contributed by atoms with Crippen LogP contribution in [0.1, 0.15) is 29.7 Å². The van der Waals surface area contributed by atoms with E-state index in [1.165, 1.54) is 0 Å². The quantitative estimate of drug-likeness (QED) is 0.866. The number of rotatable bonds is 5. The fraction of sp³-hybridized carbons (Fsp3) is 0.278. The van der Waals surface area contributed by atoms with E-state index in [9.17, 15) is 4.79 Å². The van der Waals surface area contributed by atoms with Crippen molar-refractivity contribution in [3.8, 4) is 0 Å². The lowest BCUT2D eigenvalue weighted by atomic mass is 10.1. The van der Waals surface area contributed by atoms with Crippen molar-refractivity contribution in [2.24, 2.45) is 0 Å². The first kappa shape index (κ1) is 16.5. The van der Waals surface area contributed by atoms with Gasteiger partial charge in [-0.25, -0.2) is 0 Å². The summed E-state index contributed by atoms with van der Waals surface area (Å²) in [7, 11) is 0. The van der Waals surface area contributed by atoms with E-state index in [-0.39, 0.29) is 18.5 Å². The van der Waals surface area contributed by atoms with Gasteiger partial charge in [-0.05, 0) is 43.5 Å². The Labute approximate surface area is 136 Å². The van der Waals surface area contributed by atoms with E-state index >= 15 is 0 Å². The molecule has 0 bridgehead atoms. The zero-order valence-corrected chi connectivity index (χ0v) is 13.9. The third-order valence-electron chi connectivity index (χ3n) is 3.56. The molecule has 0 aliphatic heterocycles. The van der Waals surface area contributed by atoms with Crippen LogP contribution < -0.4 is 10.6 Å². The number of benzene rings is 2. The largest absolute Gasteiger partial charge is 0.323 e. The van der Waals surface area contributed by atoms with Gasteiger partial charge in [0.1, 0.15) is 0 Å². The molecule has 2 N–H and O–H groups in total. The Morgan fingerprint density at radius 3 is 2.50 bits per heavy atom. The van der Waals surface area contributed by atoms with Gasteiger partial charge < -0.3 is 10.6 Å². The molecule has 3 nitrogen and oxygen atoms in total. The number of hydrogen-bond acceptors (Lipinski definition) is 2. The average molecular weight is 317 g/mol. The van der Waals surface area contributed by atoms with Crippen molar-refractivity contribution in [3.05, 3.63) is 64.2 Å². The predicted octanol–water partition coefficient (Wildman–Crippen LogP) is 4.25. The number of hydrogen-bond donors (Lipinski definition) is 2. The number of amides is 1. The number of aryl methyl sites for hydroxylation is 2.